The molecule has 5 nitrogen and oxygen atoms in total. The molecule has 0 aromatic carbocycles. The lowest BCUT2D eigenvalue weighted by Gasteiger charge is -2.26. The maximum Gasteiger partial charge on any atom is 0.225 e. The van der Waals surface area contributed by atoms with E-state index in [9.17, 15) is 13.2 Å². The van der Waals surface area contributed by atoms with E-state index in [2.05, 4.69) is 0 Å². The zero-order valence-corrected chi connectivity index (χ0v) is 9.50. The molecule has 0 aromatic heterocycles. The largest absolute Gasteiger partial charge is 0.384 e. The quantitative estimate of drug-likeness (QED) is 0.654. The van der Waals surface area contributed by atoms with Crippen molar-refractivity contribution in [3.8, 4) is 0 Å². The number of hydrogen-bond donors (Lipinski definition) is 0. The summed E-state index contributed by atoms with van der Waals surface area (Å²) in [4.78, 5) is 13.4. The summed E-state index contributed by atoms with van der Waals surface area (Å²) in [6, 6.07) is -0.0793. The van der Waals surface area contributed by atoms with Gasteiger partial charge in [-0.2, -0.15) is 0 Å². The molecular weight excluding hydrogens is 218 g/mol. The molecule has 2 atom stereocenters. The Morgan fingerprint density at radius 3 is 2.73 bits per heavy atom. The van der Waals surface area contributed by atoms with Crippen LogP contribution < -0.4 is 0 Å². The monoisotopic (exact) mass is 233 g/mol. The van der Waals surface area contributed by atoms with E-state index < -0.39 is 9.84 Å². The number of hydrogen-bond acceptors (Lipinski definition) is 4. The van der Waals surface area contributed by atoms with E-state index >= 15 is 0 Å². The average molecular weight is 233 g/mol. The van der Waals surface area contributed by atoms with Crippen LogP contribution in [0.2, 0.25) is 0 Å². The molecule has 0 aliphatic carbocycles. The molecule has 0 saturated carbocycles. The maximum atomic E-state index is 11.7. The van der Waals surface area contributed by atoms with E-state index in [1.54, 1.807) is 12.0 Å². The summed E-state index contributed by atoms with van der Waals surface area (Å²) in [5.41, 5.74) is 0. The predicted octanol–water partition coefficient (Wildman–Crippen LogP) is -0.579. The van der Waals surface area contributed by atoms with Gasteiger partial charge in [-0.3, -0.25) is 4.79 Å². The Labute approximate surface area is 89.3 Å². The fourth-order valence-corrected chi connectivity index (χ4v) is 4.36. The first kappa shape index (κ1) is 10.9. The third-order valence-electron chi connectivity index (χ3n) is 3.15. The number of methoxy groups -OCH3 is 1. The maximum absolute atomic E-state index is 11.7. The third kappa shape index (κ3) is 1.88. The minimum atomic E-state index is -2.90. The van der Waals surface area contributed by atoms with Crippen LogP contribution in [-0.4, -0.2) is 56.5 Å². The third-order valence-corrected chi connectivity index (χ3v) is 5.36. The molecule has 15 heavy (non-hydrogen) atoms. The van der Waals surface area contributed by atoms with Crippen molar-refractivity contribution >= 4 is 15.7 Å². The second-order valence-electron chi connectivity index (χ2n) is 4.13. The predicted molar refractivity (Wildman–Crippen MR) is 54.2 cm³/mol. The van der Waals surface area contributed by atoms with Gasteiger partial charge in [0.25, 0.3) is 0 Å². The Balaban J connectivity index is 1.97. The van der Waals surface area contributed by atoms with E-state index in [1.807, 2.05) is 0 Å². The van der Waals surface area contributed by atoms with E-state index in [4.69, 9.17) is 4.74 Å². The molecular formula is C9H15NO4S. The molecule has 2 unspecified atom stereocenters. The molecule has 2 saturated heterocycles. The van der Waals surface area contributed by atoms with Gasteiger partial charge in [-0.1, -0.05) is 0 Å². The van der Waals surface area contributed by atoms with Gasteiger partial charge in [0.05, 0.1) is 24.0 Å². The van der Waals surface area contributed by atoms with Crippen LogP contribution in [-0.2, 0) is 19.4 Å². The minimum absolute atomic E-state index is 0.0132. The normalized spacial score (nSPS) is 32.2. The fourth-order valence-electron chi connectivity index (χ4n) is 2.33. The molecule has 1 amide bonds. The number of rotatable bonds is 3. The lowest BCUT2D eigenvalue weighted by molar-refractivity contribution is -0.132. The number of fused-ring (bicyclic) bond motifs is 2. The van der Waals surface area contributed by atoms with Crippen LogP contribution >= 0.6 is 0 Å². The Bertz CT molecular complexity index is 364. The van der Waals surface area contributed by atoms with Gasteiger partial charge in [0.2, 0.25) is 5.91 Å². The molecule has 6 heteroatoms. The summed E-state index contributed by atoms with van der Waals surface area (Å²) in [7, 11) is -1.35. The van der Waals surface area contributed by atoms with E-state index in [0.29, 0.717) is 26.0 Å². The molecule has 2 heterocycles. The Kier molecular flexibility index (Phi) is 2.72. The van der Waals surface area contributed by atoms with Crippen LogP contribution in [0.25, 0.3) is 0 Å². The van der Waals surface area contributed by atoms with E-state index in [1.165, 1.54) is 0 Å². The zero-order valence-electron chi connectivity index (χ0n) is 8.68. The first-order valence-corrected chi connectivity index (χ1v) is 6.76. The molecule has 2 bridgehead atoms. The van der Waals surface area contributed by atoms with Crippen molar-refractivity contribution in [1.29, 1.82) is 0 Å². The SMILES string of the molecule is COCCC(=O)N1CC2CC1CS2(=O)=O. The summed E-state index contributed by atoms with van der Waals surface area (Å²) in [6.45, 7) is 0.787. The summed E-state index contributed by atoms with van der Waals surface area (Å²) in [6.07, 6.45) is 0.973. The Morgan fingerprint density at radius 1 is 1.53 bits per heavy atom. The Hall–Kier alpha value is -0.620. The van der Waals surface area contributed by atoms with E-state index in [0.717, 1.165) is 0 Å². The highest BCUT2D eigenvalue weighted by Gasteiger charge is 2.49. The number of carbonyl (C=O) groups excluding carboxylic acids is 1. The average Bonchev–Trinajstić information content (AvgIpc) is 2.68. The van der Waals surface area contributed by atoms with Crippen LogP contribution in [0.1, 0.15) is 12.8 Å². The van der Waals surface area contributed by atoms with Crippen molar-refractivity contribution in [2.75, 3.05) is 26.0 Å². The highest BCUT2D eigenvalue weighted by Crippen LogP contribution is 2.33. The van der Waals surface area contributed by atoms with Gasteiger partial charge in [0, 0.05) is 19.7 Å². The molecule has 2 fully saturated rings. The molecule has 2 aliphatic rings. The number of nitrogens with zero attached hydrogens (tertiary/aromatic N) is 1. The summed E-state index contributed by atoms with van der Waals surface area (Å²) in [5.74, 6) is 0.162. The van der Waals surface area contributed by atoms with E-state index in [-0.39, 0.29) is 23.0 Å². The van der Waals surface area contributed by atoms with Crippen LogP contribution in [0.4, 0.5) is 0 Å². The molecule has 2 aliphatic heterocycles. The van der Waals surface area contributed by atoms with Crippen molar-refractivity contribution in [2.24, 2.45) is 0 Å². The van der Waals surface area contributed by atoms with Crippen LogP contribution in [0.5, 0.6) is 0 Å². The smallest absolute Gasteiger partial charge is 0.225 e. The van der Waals surface area contributed by atoms with Crippen molar-refractivity contribution < 1.29 is 17.9 Å². The number of sulfone groups is 1. The van der Waals surface area contributed by atoms with Gasteiger partial charge in [0.1, 0.15) is 0 Å². The van der Waals surface area contributed by atoms with Gasteiger partial charge < -0.3 is 9.64 Å². The molecule has 0 spiro atoms. The minimum Gasteiger partial charge on any atom is -0.384 e. The van der Waals surface area contributed by atoms with Gasteiger partial charge in [-0.05, 0) is 6.42 Å². The van der Waals surface area contributed by atoms with Crippen molar-refractivity contribution in [2.45, 2.75) is 24.1 Å². The van der Waals surface area contributed by atoms with Gasteiger partial charge in [-0.15, -0.1) is 0 Å². The summed E-state index contributed by atoms with van der Waals surface area (Å²) in [5, 5.41) is -0.311. The highest BCUT2D eigenvalue weighted by molar-refractivity contribution is 7.92. The summed E-state index contributed by atoms with van der Waals surface area (Å²) >= 11 is 0. The number of amides is 1. The molecule has 86 valence electrons. The van der Waals surface area contributed by atoms with Crippen molar-refractivity contribution in [3.05, 3.63) is 0 Å². The van der Waals surface area contributed by atoms with Crippen molar-refractivity contribution in [1.82, 2.24) is 4.90 Å². The van der Waals surface area contributed by atoms with Gasteiger partial charge in [-0.25, -0.2) is 8.42 Å². The lowest BCUT2D eigenvalue weighted by Crippen LogP contribution is -2.44. The fraction of sp³-hybridized carbons (Fsp3) is 0.889. The highest BCUT2D eigenvalue weighted by atomic mass is 32.2. The first-order chi connectivity index (χ1) is 7.04. The number of likely N-dealkylation sites (tertiary alicyclic amines) is 1. The molecule has 0 aromatic rings. The summed E-state index contributed by atoms with van der Waals surface area (Å²) < 4.78 is 27.7. The molecule has 0 radical (unpaired) electrons. The topological polar surface area (TPSA) is 63.7 Å². The zero-order chi connectivity index (χ0) is 11.1. The first-order valence-electron chi connectivity index (χ1n) is 5.04. The van der Waals surface area contributed by atoms with Crippen LogP contribution in [0, 0.1) is 0 Å². The number of ether oxygens (including phenoxy) is 1. The van der Waals surface area contributed by atoms with Crippen LogP contribution in [0.15, 0.2) is 0 Å². The van der Waals surface area contributed by atoms with Gasteiger partial charge >= 0.3 is 0 Å². The van der Waals surface area contributed by atoms with Crippen molar-refractivity contribution in [3.63, 3.8) is 0 Å². The second-order valence-corrected chi connectivity index (χ2v) is 6.46. The molecule has 2 rings (SSSR count). The number of carbonyl (C=O) groups is 1. The molecule has 0 N–H and O–H groups in total. The standard InChI is InChI=1S/C9H15NO4S/c1-14-3-2-9(11)10-5-8-4-7(10)6-15(8,12)13/h7-8H,2-6H2,1H3. The Morgan fingerprint density at radius 2 is 2.27 bits per heavy atom. The lowest BCUT2D eigenvalue weighted by atomic mass is 10.2. The van der Waals surface area contributed by atoms with Crippen LogP contribution in [0.3, 0.4) is 0 Å². The van der Waals surface area contributed by atoms with Gasteiger partial charge in [0.15, 0.2) is 9.84 Å². The second kappa shape index (κ2) is 3.75.